The molecule has 0 aliphatic carbocycles. The van der Waals surface area contributed by atoms with E-state index in [0.717, 1.165) is 55.0 Å². The van der Waals surface area contributed by atoms with Crippen molar-refractivity contribution in [2.24, 2.45) is 11.8 Å². The molecule has 0 spiro atoms. The van der Waals surface area contributed by atoms with Gasteiger partial charge in [-0.3, -0.25) is 4.79 Å². The highest BCUT2D eigenvalue weighted by atomic mass is 16.5. The topological polar surface area (TPSA) is 104 Å². The first-order valence-corrected chi connectivity index (χ1v) is 14.8. The van der Waals surface area contributed by atoms with Gasteiger partial charge in [0, 0.05) is 50.1 Å². The maximum atomic E-state index is 13.6. The molecular weight excluding hydrogens is 528 g/mol. The van der Waals surface area contributed by atoms with Crippen molar-refractivity contribution in [3.05, 3.63) is 77.5 Å². The van der Waals surface area contributed by atoms with Crippen molar-refractivity contribution in [2.45, 2.75) is 51.2 Å². The van der Waals surface area contributed by atoms with Crippen molar-refractivity contribution < 1.29 is 19.1 Å². The highest BCUT2D eigenvalue weighted by Crippen LogP contribution is 2.58. The molecule has 4 atom stereocenters. The Morgan fingerprint density at radius 1 is 1.19 bits per heavy atom. The highest BCUT2D eigenvalue weighted by Gasteiger charge is 2.67. The van der Waals surface area contributed by atoms with Gasteiger partial charge in [0.25, 0.3) is 0 Å². The molecule has 0 aromatic heterocycles. The van der Waals surface area contributed by atoms with Gasteiger partial charge >= 0.3 is 0 Å². The number of hydrogen-bond acceptors (Lipinski definition) is 7. The number of allylic oxidation sites excluding steroid dienone is 4. The Hall–Kier alpha value is -3.93. The summed E-state index contributed by atoms with van der Waals surface area (Å²) in [6.07, 6.45) is 6.26. The first-order chi connectivity index (χ1) is 20.3. The molecule has 2 bridgehead atoms. The number of hydrogen-bond donors (Lipinski definition) is 2. The second kappa shape index (κ2) is 12.5. The van der Waals surface area contributed by atoms with Crippen LogP contribution in [-0.2, 0) is 14.3 Å². The smallest absolute Gasteiger partial charge is 0.230 e. The van der Waals surface area contributed by atoms with E-state index < -0.39 is 23.0 Å². The number of fused-ring (bicyclic) bond motifs is 2. The van der Waals surface area contributed by atoms with E-state index in [2.05, 4.69) is 33.7 Å². The summed E-state index contributed by atoms with van der Waals surface area (Å²) in [4.78, 5) is 28.4. The molecule has 1 amide bonds. The van der Waals surface area contributed by atoms with Crippen LogP contribution in [0.25, 0.3) is 5.57 Å². The molecule has 0 radical (unpaired) electrons. The van der Waals surface area contributed by atoms with E-state index in [1.807, 2.05) is 50.2 Å². The van der Waals surface area contributed by atoms with Crippen LogP contribution in [0.3, 0.4) is 0 Å². The van der Waals surface area contributed by atoms with Gasteiger partial charge in [-0.15, -0.1) is 0 Å². The van der Waals surface area contributed by atoms with Crippen molar-refractivity contribution >= 4 is 23.5 Å². The lowest BCUT2D eigenvalue weighted by Gasteiger charge is -2.34. The number of ether oxygens (including phenoxy) is 2. The second-order valence-corrected chi connectivity index (χ2v) is 11.8. The Kier molecular flexibility index (Phi) is 8.81. The number of benzene rings is 2. The van der Waals surface area contributed by atoms with Gasteiger partial charge in [0.1, 0.15) is 12.0 Å². The summed E-state index contributed by atoms with van der Waals surface area (Å²) in [7, 11) is 0. The fourth-order valence-corrected chi connectivity index (χ4v) is 6.77. The number of nitrogens with zero attached hydrogens (tertiary/aromatic N) is 2. The molecule has 3 saturated heterocycles. The first kappa shape index (κ1) is 29.6. The third kappa shape index (κ3) is 5.99. The summed E-state index contributed by atoms with van der Waals surface area (Å²) in [6, 6.07) is 18.0. The normalized spacial score (nSPS) is 27.4. The second-order valence-electron chi connectivity index (χ2n) is 11.8. The molecule has 0 unspecified atom stereocenters. The van der Waals surface area contributed by atoms with Crippen LogP contribution in [0.2, 0.25) is 0 Å². The van der Waals surface area contributed by atoms with Crippen LogP contribution in [-0.4, -0.2) is 56.2 Å². The largest absolute Gasteiger partial charge is 0.493 e. The number of carbonyl (C=O) groups is 2. The molecule has 2 aromatic carbocycles. The minimum absolute atomic E-state index is 0.239. The molecule has 3 fully saturated rings. The van der Waals surface area contributed by atoms with Gasteiger partial charge in [-0.25, -0.2) is 0 Å². The van der Waals surface area contributed by atoms with Gasteiger partial charge in [-0.1, -0.05) is 30.3 Å². The Bertz CT molecular complexity index is 1420. The number of nitrogens with one attached hydrogen (secondary N) is 2. The Morgan fingerprint density at radius 3 is 2.71 bits per heavy atom. The van der Waals surface area contributed by atoms with Crippen molar-refractivity contribution in [2.75, 3.05) is 37.7 Å². The van der Waals surface area contributed by atoms with Crippen LogP contribution in [0.4, 0.5) is 5.69 Å². The van der Waals surface area contributed by atoms with Gasteiger partial charge in [0.2, 0.25) is 5.91 Å². The minimum atomic E-state index is -0.731. The van der Waals surface area contributed by atoms with E-state index in [4.69, 9.17) is 9.47 Å². The molecule has 8 nitrogen and oxygen atoms in total. The summed E-state index contributed by atoms with van der Waals surface area (Å²) in [6.45, 7) is 9.91. The highest BCUT2D eigenvalue weighted by molar-refractivity contribution is 5.86. The van der Waals surface area contributed by atoms with Gasteiger partial charge in [0.05, 0.1) is 41.3 Å². The third-order valence-corrected chi connectivity index (χ3v) is 9.00. The molecule has 3 aliphatic rings. The molecule has 2 aromatic rings. The zero-order valence-electron chi connectivity index (χ0n) is 24.7. The number of anilines is 1. The summed E-state index contributed by atoms with van der Waals surface area (Å²) < 4.78 is 12.7. The van der Waals surface area contributed by atoms with E-state index in [0.29, 0.717) is 37.1 Å². The predicted molar refractivity (Wildman–Crippen MR) is 163 cm³/mol. The predicted octanol–water partition coefficient (Wildman–Crippen LogP) is 4.55. The quantitative estimate of drug-likeness (QED) is 0.246. The molecule has 5 rings (SSSR count). The molecule has 0 saturated carbocycles. The molecule has 2 N–H and O–H groups in total. The van der Waals surface area contributed by atoms with Crippen LogP contribution >= 0.6 is 0 Å². The maximum Gasteiger partial charge on any atom is 0.230 e. The standard InChI is InChI=1S/C34H40N4O4/c1-24-7-4-5-10-29(24)26(22-35)12-11-25(2)37-32(40)31-30(23-39)34(14-13-33(31,3)42-34)15-20-41-28-9-6-8-27(21-28)38-18-16-36-17-19-38/h4-12,21,23,30-31,36H,13-20H2,1-3H3,(H,37,40)/b25-11+,26-12-/t30-,31-,33-,34-/m1/s1. The zero-order valence-corrected chi connectivity index (χ0v) is 24.7. The third-order valence-electron chi connectivity index (χ3n) is 9.00. The van der Waals surface area contributed by atoms with Crippen LogP contribution in [0, 0.1) is 30.1 Å². The van der Waals surface area contributed by atoms with E-state index in [9.17, 15) is 14.9 Å². The molecule has 3 aliphatic heterocycles. The van der Waals surface area contributed by atoms with E-state index in [-0.39, 0.29) is 5.91 Å². The summed E-state index contributed by atoms with van der Waals surface area (Å²) >= 11 is 0. The number of piperazine rings is 1. The number of amides is 1. The SMILES string of the molecule is C/C(=C\C=C(\C#N)c1ccccc1C)NC(=O)[C@H]1[C@@H](C=O)[C@]2(CCOc3cccc(N4CCNCC4)c3)CC[C@@]1(C)O2. The van der Waals surface area contributed by atoms with Crippen LogP contribution in [0.15, 0.2) is 66.4 Å². The van der Waals surface area contributed by atoms with Crippen LogP contribution in [0.1, 0.15) is 44.2 Å². The van der Waals surface area contributed by atoms with Crippen molar-refractivity contribution in [3.63, 3.8) is 0 Å². The van der Waals surface area contributed by atoms with Crippen molar-refractivity contribution in [3.8, 4) is 11.8 Å². The number of aryl methyl sites for hydroxylation is 1. The average molecular weight is 569 g/mol. The number of rotatable bonds is 10. The van der Waals surface area contributed by atoms with Gasteiger partial charge in [-0.05, 0) is 69.0 Å². The summed E-state index contributed by atoms with van der Waals surface area (Å²) in [5, 5.41) is 16.0. The van der Waals surface area contributed by atoms with Crippen LogP contribution in [0.5, 0.6) is 5.75 Å². The maximum absolute atomic E-state index is 13.6. The summed E-state index contributed by atoms with van der Waals surface area (Å²) in [5.74, 6) is -0.636. The monoisotopic (exact) mass is 568 g/mol. The number of carbonyl (C=O) groups excluding carboxylic acids is 2. The molecule has 42 heavy (non-hydrogen) atoms. The van der Waals surface area contributed by atoms with E-state index in [1.54, 1.807) is 19.1 Å². The molecule has 3 heterocycles. The molecule has 220 valence electrons. The number of nitriles is 1. The summed E-state index contributed by atoms with van der Waals surface area (Å²) in [5.41, 5.74) is 2.64. The first-order valence-electron chi connectivity index (χ1n) is 14.8. The Labute approximate surface area is 248 Å². The minimum Gasteiger partial charge on any atom is -0.493 e. The van der Waals surface area contributed by atoms with E-state index in [1.165, 1.54) is 0 Å². The Morgan fingerprint density at radius 2 is 1.98 bits per heavy atom. The van der Waals surface area contributed by atoms with Crippen LogP contribution < -0.4 is 20.3 Å². The van der Waals surface area contributed by atoms with Gasteiger partial charge in [-0.2, -0.15) is 5.26 Å². The van der Waals surface area contributed by atoms with Crippen molar-refractivity contribution in [1.29, 1.82) is 5.26 Å². The lowest BCUT2D eigenvalue weighted by atomic mass is 9.66. The van der Waals surface area contributed by atoms with E-state index >= 15 is 0 Å². The van der Waals surface area contributed by atoms with Gasteiger partial charge < -0.3 is 29.8 Å². The average Bonchev–Trinajstić information content (AvgIpc) is 3.47. The van der Waals surface area contributed by atoms with Crippen molar-refractivity contribution in [1.82, 2.24) is 10.6 Å². The fourth-order valence-electron chi connectivity index (χ4n) is 6.77. The molecular formula is C34H40N4O4. The zero-order chi connectivity index (χ0) is 29.7. The Balaban J connectivity index is 1.24. The number of aldehydes is 1. The fraction of sp³-hybridized carbons (Fsp3) is 0.441. The molecule has 8 heteroatoms. The van der Waals surface area contributed by atoms with Gasteiger partial charge in [0.15, 0.2) is 0 Å². The lowest BCUT2D eigenvalue weighted by molar-refractivity contribution is -0.132. The lowest BCUT2D eigenvalue weighted by Crippen LogP contribution is -2.48.